The number of carbonyl (C=O) groups is 1. The quantitative estimate of drug-likeness (QED) is 0.545. The van der Waals surface area contributed by atoms with Crippen molar-refractivity contribution in [3.8, 4) is 0 Å². The van der Waals surface area contributed by atoms with Gasteiger partial charge in [0.25, 0.3) is 0 Å². The summed E-state index contributed by atoms with van der Waals surface area (Å²) in [5.41, 5.74) is 0.487. The van der Waals surface area contributed by atoms with E-state index in [2.05, 4.69) is 13.8 Å². The number of hydrogen-bond donors (Lipinski definition) is 0. The second kappa shape index (κ2) is 5.46. The highest BCUT2D eigenvalue weighted by molar-refractivity contribution is 5.81. The number of allylic oxidation sites excluding steroid dienone is 1. The molecule has 3 unspecified atom stereocenters. The van der Waals surface area contributed by atoms with Gasteiger partial charge in [-0.3, -0.25) is 0 Å². The van der Waals surface area contributed by atoms with E-state index < -0.39 is 0 Å². The topological polar surface area (TPSA) is 26.3 Å². The Labute approximate surface area is 111 Å². The molecule has 2 aliphatic rings. The molecule has 0 radical (unpaired) electrons. The molecular weight excluding hydrogens is 224 g/mol. The Bertz CT molecular complexity index is 330. The number of fused-ring (bicyclic) bond motifs is 1. The molecule has 2 saturated carbocycles. The number of ether oxygens (including phenoxy) is 1. The molecule has 3 atom stereocenters. The van der Waals surface area contributed by atoms with Crippen molar-refractivity contribution in [1.82, 2.24) is 0 Å². The van der Waals surface area contributed by atoms with E-state index in [1.165, 1.54) is 31.8 Å². The van der Waals surface area contributed by atoms with Crippen LogP contribution in [0.15, 0.2) is 12.2 Å². The molecule has 2 fully saturated rings. The second-order valence-electron chi connectivity index (χ2n) is 6.62. The fraction of sp³-hybridized carbons (Fsp3) is 0.812. The van der Waals surface area contributed by atoms with Gasteiger partial charge in [-0.1, -0.05) is 32.8 Å². The van der Waals surface area contributed by atoms with E-state index in [0.29, 0.717) is 5.41 Å². The van der Waals surface area contributed by atoms with Gasteiger partial charge in [0, 0.05) is 6.08 Å². The lowest BCUT2D eigenvalue weighted by Crippen LogP contribution is -2.41. The summed E-state index contributed by atoms with van der Waals surface area (Å²) in [6.07, 6.45) is 10.8. The SMILES string of the molecule is C/C=C/C(=O)OC1CCC2C(CCCC2(C)C)C1. The van der Waals surface area contributed by atoms with E-state index >= 15 is 0 Å². The van der Waals surface area contributed by atoms with Crippen LogP contribution >= 0.6 is 0 Å². The lowest BCUT2D eigenvalue weighted by Gasteiger charge is -2.48. The van der Waals surface area contributed by atoms with Gasteiger partial charge in [0.15, 0.2) is 0 Å². The zero-order chi connectivity index (χ0) is 13.2. The second-order valence-corrected chi connectivity index (χ2v) is 6.62. The Morgan fingerprint density at radius 1 is 1.28 bits per heavy atom. The highest BCUT2D eigenvalue weighted by Gasteiger charge is 2.42. The van der Waals surface area contributed by atoms with Gasteiger partial charge in [-0.2, -0.15) is 0 Å². The van der Waals surface area contributed by atoms with Crippen LogP contribution in [-0.4, -0.2) is 12.1 Å². The number of carbonyl (C=O) groups excluding carboxylic acids is 1. The first kappa shape index (κ1) is 13.6. The first-order valence-electron chi connectivity index (χ1n) is 7.36. The summed E-state index contributed by atoms with van der Waals surface area (Å²) in [5, 5.41) is 0. The van der Waals surface area contributed by atoms with Gasteiger partial charge in [-0.05, 0) is 49.9 Å². The summed E-state index contributed by atoms with van der Waals surface area (Å²) in [4.78, 5) is 11.5. The molecule has 18 heavy (non-hydrogen) atoms. The van der Waals surface area contributed by atoms with Gasteiger partial charge in [-0.25, -0.2) is 4.79 Å². The summed E-state index contributed by atoms with van der Waals surface area (Å²) in [5.74, 6) is 1.44. The first-order valence-corrected chi connectivity index (χ1v) is 7.36. The molecule has 0 aliphatic heterocycles. The maximum absolute atomic E-state index is 11.5. The van der Waals surface area contributed by atoms with E-state index in [9.17, 15) is 4.79 Å². The van der Waals surface area contributed by atoms with Gasteiger partial charge < -0.3 is 4.74 Å². The van der Waals surface area contributed by atoms with Crippen molar-refractivity contribution < 1.29 is 9.53 Å². The monoisotopic (exact) mass is 250 g/mol. The largest absolute Gasteiger partial charge is 0.459 e. The van der Waals surface area contributed by atoms with Crippen LogP contribution in [0.5, 0.6) is 0 Å². The molecular formula is C16H26O2. The third-order valence-corrected chi connectivity index (χ3v) is 4.92. The van der Waals surface area contributed by atoms with E-state index in [1.54, 1.807) is 6.08 Å². The minimum atomic E-state index is -0.170. The molecule has 2 heteroatoms. The van der Waals surface area contributed by atoms with Crippen molar-refractivity contribution in [3.63, 3.8) is 0 Å². The molecule has 2 nitrogen and oxygen atoms in total. The molecule has 0 N–H and O–H groups in total. The Kier molecular flexibility index (Phi) is 4.14. The van der Waals surface area contributed by atoms with Gasteiger partial charge in [-0.15, -0.1) is 0 Å². The summed E-state index contributed by atoms with van der Waals surface area (Å²) < 4.78 is 5.52. The van der Waals surface area contributed by atoms with Crippen molar-refractivity contribution in [2.45, 2.75) is 65.4 Å². The van der Waals surface area contributed by atoms with Crippen LogP contribution in [0, 0.1) is 17.3 Å². The van der Waals surface area contributed by atoms with Crippen LogP contribution in [0.3, 0.4) is 0 Å². The predicted molar refractivity (Wildman–Crippen MR) is 73.2 cm³/mol. The van der Waals surface area contributed by atoms with Crippen molar-refractivity contribution in [2.75, 3.05) is 0 Å². The standard InChI is InChI=1S/C16H26O2/c1-4-6-15(17)18-13-8-9-14-12(11-13)7-5-10-16(14,2)3/h4,6,12-14H,5,7-11H2,1-3H3/b6-4+. The van der Waals surface area contributed by atoms with E-state index in [-0.39, 0.29) is 12.1 Å². The summed E-state index contributed by atoms with van der Waals surface area (Å²) in [7, 11) is 0. The van der Waals surface area contributed by atoms with Crippen LogP contribution < -0.4 is 0 Å². The van der Waals surface area contributed by atoms with Gasteiger partial charge in [0.2, 0.25) is 0 Å². The lowest BCUT2D eigenvalue weighted by molar-refractivity contribution is -0.147. The average Bonchev–Trinajstić information content (AvgIpc) is 2.28. The zero-order valence-corrected chi connectivity index (χ0v) is 11.9. The smallest absolute Gasteiger partial charge is 0.330 e. The van der Waals surface area contributed by atoms with E-state index in [4.69, 9.17) is 4.74 Å². The maximum atomic E-state index is 11.5. The Morgan fingerprint density at radius 2 is 2.06 bits per heavy atom. The third kappa shape index (κ3) is 2.96. The van der Waals surface area contributed by atoms with Gasteiger partial charge in [0.05, 0.1) is 0 Å². The van der Waals surface area contributed by atoms with Crippen LogP contribution in [0.2, 0.25) is 0 Å². The zero-order valence-electron chi connectivity index (χ0n) is 11.9. The van der Waals surface area contributed by atoms with Crippen LogP contribution in [0.25, 0.3) is 0 Å². The molecule has 0 spiro atoms. The summed E-state index contributed by atoms with van der Waals surface area (Å²) in [6, 6.07) is 0. The molecule has 2 aliphatic carbocycles. The lowest BCUT2D eigenvalue weighted by atomic mass is 9.58. The number of esters is 1. The van der Waals surface area contributed by atoms with Crippen LogP contribution in [0.1, 0.15) is 59.3 Å². The molecule has 102 valence electrons. The van der Waals surface area contributed by atoms with Crippen molar-refractivity contribution in [1.29, 1.82) is 0 Å². The first-order chi connectivity index (χ1) is 8.53. The van der Waals surface area contributed by atoms with Crippen molar-refractivity contribution >= 4 is 5.97 Å². The van der Waals surface area contributed by atoms with E-state index in [0.717, 1.165) is 24.7 Å². The van der Waals surface area contributed by atoms with Crippen LogP contribution in [-0.2, 0) is 9.53 Å². The van der Waals surface area contributed by atoms with Gasteiger partial charge in [0.1, 0.15) is 6.10 Å². The normalized spacial score (nSPS) is 35.2. The molecule has 0 heterocycles. The highest BCUT2D eigenvalue weighted by atomic mass is 16.5. The third-order valence-electron chi connectivity index (χ3n) is 4.92. The molecule has 0 aromatic heterocycles. The summed E-state index contributed by atoms with van der Waals surface area (Å²) >= 11 is 0. The Morgan fingerprint density at radius 3 is 2.78 bits per heavy atom. The fourth-order valence-corrected chi connectivity index (χ4v) is 4.02. The minimum absolute atomic E-state index is 0.156. The molecule has 2 rings (SSSR count). The van der Waals surface area contributed by atoms with E-state index in [1.807, 2.05) is 6.92 Å². The Hall–Kier alpha value is -0.790. The predicted octanol–water partition coefficient (Wildman–Crippen LogP) is 4.10. The van der Waals surface area contributed by atoms with Crippen molar-refractivity contribution in [3.05, 3.63) is 12.2 Å². The molecule has 0 amide bonds. The molecule has 0 saturated heterocycles. The molecule has 0 bridgehead atoms. The maximum Gasteiger partial charge on any atom is 0.330 e. The summed E-state index contributed by atoms with van der Waals surface area (Å²) in [6.45, 7) is 6.67. The number of rotatable bonds is 2. The fourth-order valence-electron chi connectivity index (χ4n) is 4.02. The Balaban J connectivity index is 1.93. The highest BCUT2D eigenvalue weighted by Crippen LogP contribution is 2.50. The van der Waals surface area contributed by atoms with Gasteiger partial charge >= 0.3 is 5.97 Å². The molecule has 0 aromatic carbocycles. The average molecular weight is 250 g/mol. The van der Waals surface area contributed by atoms with Crippen LogP contribution in [0.4, 0.5) is 0 Å². The minimum Gasteiger partial charge on any atom is -0.459 e. The number of hydrogen-bond acceptors (Lipinski definition) is 2. The molecule has 0 aromatic rings. The van der Waals surface area contributed by atoms with Crippen molar-refractivity contribution in [2.24, 2.45) is 17.3 Å².